The Morgan fingerprint density at radius 3 is 2.27 bits per heavy atom. The summed E-state index contributed by atoms with van der Waals surface area (Å²) in [5.41, 5.74) is -3.61. The van der Waals surface area contributed by atoms with Gasteiger partial charge in [-0.2, -0.15) is 0 Å². The lowest BCUT2D eigenvalue weighted by molar-refractivity contribution is -0.256. The third kappa shape index (κ3) is 12.2. The minimum Gasteiger partial charge on any atom is -0.507 e. The van der Waals surface area contributed by atoms with Gasteiger partial charge in [-0.15, -0.1) is 0 Å². The van der Waals surface area contributed by atoms with Crippen LogP contribution in [0.5, 0.6) is 11.5 Å². The molecule has 432 valence electrons. The second-order valence-electron chi connectivity index (χ2n) is 21.8. The molecule has 3 fully saturated rings. The quantitative estimate of drug-likeness (QED) is 0.0358. The van der Waals surface area contributed by atoms with Gasteiger partial charge < -0.3 is 60.3 Å². The number of aliphatic hydroxyl groups is 1. The van der Waals surface area contributed by atoms with Crippen molar-refractivity contribution in [1.82, 2.24) is 25.8 Å². The number of ether oxygens (including phenoxy) is 5. The molecule has 10 atom stereocenters. The van der Waals surface area contributed by atoms with Gasteiger partial charge in [-0.05, 0) is 50.7 Å². The van der Waals surface area contributed by atoms with Crippen molar-refractivity contribution >= 4 is 58.5 Å². The fraction of sp³-hybridized carbons (Fsp3) is 0.500. The fourth-order valence-corrected chi connectivity index (χ4v) is 11.7. The molecule has 23 nitrogen and oxygen atoms in total. The van der Waals surface area contributed by atoms with Crippen LogP contribution < -0.4 is 21.3 Å². The summed E-state index contributed by atoms with van der Waals surface area (Å²) in [6.07, 6.45) is -1.07. The van der Waals surface area contributed by atoms with Crippen molar-refractivity contribution in [2.24, 2.45) is 5.92 Å². The Kier molecular flexibility index (Phi) is 17.6. The van der Waals surface area contributed by atoms with E-state index in [2.05, 4.69) is 26.2 Å². The number of imide groups is 1. The number of aromatic hydroxyl groups is 2. The van der Waals surface area contributed by atoms with Crippen molar-refractivity contribution in [1.29, 1.82) is 0 Å². The summed E-state index contributed by atoms with van der Waals surface area (Å²) in [5, 5.41) is 46.7. The van der Waals surface area contributed by atoms with Gasteiger partial charge in [0.2, 0.25) is 23.6 Å². The Hall–Kier alpha value is -7.25. The topological polar surface area (TPSA) is 315 Å². The average molecular weight is 1120 g/mol. The van der Waals surface area contributed by atoms with E-state index < -0.39 is 138 Å². The SMILES string of the molecule is CO[C@H]1OCCN2[C@@H]1O[C@@H]1[C@H](C)OC(O[C@H]3C[C@](O)(C(C)=O)Cc4c(O)c5c(c(O)c43)C(=O)c3c(NC(=O)CNC(=O)[C@H](CC(C)C)NC(=O)[C@H](Cc4ccccc4)NC(=O)CCCCCN4C(=O)C=CC4=O)cccc3C5=O)C[C@@H]12. The van der Waals surface area contributed by atoms with Crippen LogP contribution in [0.25, 0.3) is 0 Å². The molecule has 4 aliphatic heterocycles. The first kappa shape index (κ1) is 58.4. The normalized spacial score (nSPS) is 25.5. The van der Waals surface area contributed by atoms with Crippen LogP contribution in [0.3, 0.4) is 0 Å². The molecular weight excluding hydrogens is 1050 g/mol. The summed E-state index contributed by atoms with van der Waals surface area (Å²) in [5.74, 6) is -7.56. The Morgan fingerprint density at radius 2 is 1.57 bits per heavy atom. The summed E-state index contributed by atoms with van der Waals surface area (Å²) in [6.45, 7) is 7.09. The number of hydrogen-bond donors (Lipinski definition) is 7. The number of morpholine rings is 1. The number of fused-ring (bicyclic) bond motifs is 6. The number of hydrogen-bond acceptors (Lipinski definition) is 18. The summed E-state index contributed by atoms with van der Waals surface area (Å²) >= 11 is 0. The van der Waals surface area contributed by atoms with E-state index in [4.69, 9.17) is 23.7 Å². The second kappa shape index (κ2) is 24.5. The monoisotopic (exact) mass is 1120 g/mol. The van der Waals surface area contributed by atoms with Gasteiger partial charge in [-0.1, -0.05) is 62.7 Å². The van der Waals surface area contributed by atoms with Crippen LogP contribution in [0.15, 0.2) is 60.7 Å². The number of anilines is 1. The number of carbonyl (C=O) groups is 9. The number of nitrogens with zero attached hydrogens (tertiary/aromatic N) is 2. The highest BCUT2D eigenvalue weighted by Gasteiger charge is 2.55. The Labute approximate surface area is 467 Å². The lowest BCUT2D eigenvalue weighted by Crippen LogP contribution is -2.55. The second-order valence-corrected chi connectivity index (χ2v) is 21.8. The van der Waals surface area contributed by atoms with E-state index in [0.717, 1.165) is 10.5 Å². The maximum Gasteiger partial charge on any atom is 0.253 e. The number of phenols is 2. The summed E-state index contributed by atoms with van der Waals surface area (Å²) in [7, 11) is 1.52. The molecule has 0 saturated carbocycles. The average Bonchev–Trinajstić information content (AvgIpc) is 3.27. The molecule has 3 saturated heterocycles. The highest BCUT2D eigenvalue weighted by molar-refractivity contribution is 6.32. The van der Waals surface area contributed by atoms with Gasteiger partial charge in [0, 0.05) is 87.2 Å². The Balaban J connectivity index is 0.883. The van der Waals surface area contributed by atoms with Crippen LogP contribution >= 0.6 is 0 Å². The predicted octanol–water partition coefficient (Wildman–Crippen LogP) is 2.53. The molecule has 7 N–H and O–H groups in total. The molecule has 0 radical (unpaired) electrons. The first-order valence-electron chi connectivity index (χ1n) is 27.4. The number of phenolic OH excluding ortho intramolecular Hbond substituents is 2. The van der Waals surface area contributed by atoms with Gasteiger partial charge in [-0.25, -0.2) is 0 Å². The van der Waals surface area contributed by atoms with E-state index >= 15 is 0 Å². The van der Waals surface area contributed by atoms with E-state index in [1.165, 1.54) is 44.4 Å². The lowest BCUT2D eigenvalue weighted by Gasteiger charge is -2.43. The van der Waals surface area contributed by atoms with E-state index in [1.807, 2.05) is 13.8 Å². The highest BCUT2D eigenvalue weighted by Crippen LogP contribution is 2.53. The zero-order chi connectivity index (χ0) is 58.0. The van der Waals surface area contributed by atoms with Gasteiger partial charge in [0.25, 0.3) is 11.8 Å². The summed E-state index contributed by atoms with van der Waals surface area (Å²) in [4.78, 5) is 124. The number of Topliss-reactive ketones (excluding diaryl/α,β-unsaturated/α-hetero) is 1. The molecule has 1 unspecified atom stereocenters. The van der Waals surface area contributed by atoms with Crippen LogP contribution in [-0.4, -0.2) is 166 Å². The number of benzene rings is 3. The number of ketones is 3. The van der Waals surface area contributed by atoms with Crippen molar-refractivity contribution in [3.8, 4) is 11.5 Å². The standard InChI is InChI=1S/C58H68N6O17/c1-29(2)23-36(62-55(75)37(24-32-13-8-6-9-14-32)61-40(66)17-10-7-11-20-64-42(68)18-19-43(64)69)54(74)59-28-41(67)60-35-16-12-15-33-45(35)51(72)48-47(49(33)70)50(71)34-26-58(76,31(4)65)27-39(46(34)52(48)73)80-44-25-38-53(30(3)79-44)81-56-57(77-5)78-22-21-63(38)56/h6,8-9,12-16,18-19,29-30,36-39,44,53,56-57,71,73,76H,7,10-11,17,20-28H2,1-5H3,(H,59,74)(H,60,67)(H,61,66)(H,62,75)/t30-,36-,37-,38-,39-,44?,53+,56+,57-,58-/m0/s1. The molecular formula is C58H68N6O17. The molecule has 4 heterocycles. The molecule has 6 aliphatic rings. The molecule has 81 heavy (non-hydrogen) atoms. The van der Waals surface area contributed by atoms with E-state index in [0.29, 0.717) is 32.4 Å². The number of methoxy groups -OCH3 is 1. The number of rotatable bonds is 21. The third-order valence-electron chi connectivity index (χ3n) is 15.8. The molecule has 0 spiro atoms. The Morgan fingerprint density at radius 1 is 0.840 bits per heavy atom. The molecule has 6 amide bonds. The van der Waals surface area contributed by atoms with Crippen molar-refractivity contribution < 1.29 is 82.2 Å². The number of amides is 6. The van der Waals surface area contributed by atoms with Crippen LogP contribution in [0, 0.1) is 5.92 Å². The third-order valence-corrected chi connectivity index (χ3v) is 15.8. The Bertz CT molecular complexity index is 3020. The van der Waals surface area contributed by atoms with Gasteiger partial charge in [0.15, 0.2) is 36.2 Å². The van der Waals surface area contributed by atoms with Crippen LogP contribution in [0.2, 0.25) is 0 Å². The first-order valence-corrected chi connectivity index (χ1v) is 27.4. The summed E-state index contributed by atoms with van der Waals surface area (Å²) in [6, 6.07) is 10.5. The van der Waals surface area contributed by atoms with Gasteiger partial charge in [-0.3, -0.25) is 53.0 Å². The molecule has 3 aromatic rings. The van der Waals surface area contributed by atoms with E-state index in [1.54, 1.807) is 37.3 Å². The van der Waals surface area contributed by atoms with Crippen molar-refractivity contribution in [3.05, 3.63) is 99.6 Å². The number of nitrogens with one attached hydrogen (secondary N) is 4. The van der Waals surface area contributed by atoms with E-state index in [-0.39, 0.29) is 83.9 Å². The molecule has 0 bridgehead atoms. The first-order chi connectivity index (χ1) is 38.7. The summed E-state index contributed by atoms with van der Waals surface area (Å²) < 4.78 is 30.4. The maximum atomic E-state index is 14.8. The van der Waals surface area contributed by atoms with Gasteiger partial charge >= 0.3 is 0 Å². The van der Waals surface area contributed by atoms with Crippen molar-refractivity contribution in [3.63, 3.8) is 0 Å². The van der Waals surface area contributed by atoms with Crippen LogP contribution in [0.1, 0.15) is 127 Å². The minimum absolute atomic E-state index is 0.0512. The van der Waals surface area contributed by atoms with Crippen LogP contribution in [0.4, 0.5) is 5.69 Å². The van der Waals surface area contributed by atoms with E-state index in [9.17, 15) is 58.5 Å². The molecule has 3 aromatic carbocycles. The molecule has 23 heteroatoms. The largest absolute Gasteiger partial charge is 0.507 e. The van der Waals surface area contributed by atoms with Gasteiger partial charge in [0.1, 0.15) is 35.3 Å². The molecule has 0 aromatic heterocycles. The van der Waals surface area contributed by atoms with Crippen LogP contribution in [-0.2, 0) is 70.1 Å². The minimum atomic E-state index is -2.13. The smallest absolute Gasteiger partial charge is 0.253 e. The predicted molar refractivity (Wildman–Crippen MR) is 285 cm³/mol. The van der Waals surface area contributed by atoms with Crippen molar-refractivity contribution in [2.75, 3.05) is 38.7 Å². The number of unbranched alkanes of at least 4 members (excludes halogenated alkanes) is 2. The maximum absolute atomic E-state index is 14.8. The zero-order valence-electron chi connectivity index (χ0n) is 45.7. The highest BCUT2D eigenvalue weighted by atomic mass is 16.7. The van der Waals surface area contributed by atoms with Crippen molar-refractivity contribution in [2.45, 2.75) is 146 Å². The lowest BCUT2D eigenvalue weighted by atomic mass is 9.72. The fourth-order valence-electron chi connectivity index (χ4n) is 11.7. The van der Waals surface area contributed by atoms with Gasteiger partial charge in [0.05, 0.1) is 47.7 Å². The zero-order valence-corrected chi connectivity index (χ0v) is 45.7. The molecule has 9 rings (SSSR count). The number of carbonyl (C=O) groups excluding carboxylic acids is 9. The molecule has 2 aliphatic carbocycles.